The average Bonchev–Trinajstić information content (AvgIpc) is 2.97. The van der Waals surface area contributed by atoms with Gasteiger partial charge < -0.3 is 4.74 Å². The van der Waals surface area contributed by atoms with Gasteiger partial charge in [-0.15, -0.1) is 0 Å². The lowest BCUT2D eigenvalue weighted by atomic mass is 9.98. The molecule has 4 aliphatic rings. The number of fused-ring (bicyclic) bond motifs is 2. The summed E-state index contributed by atoms with van der Waals surface area (Å²) in [6.45, 7) is 2.99. The smallest absolute Gasteiger partial charge is 0.291 e. The van der Waals surface area contributed by atoms with Gasteiger partial charge in [0.15, 0.2) is 5.13 Å². The van der Waals surface area contributed by atoms with Crippen molar-refractivity contribution in [1.82, 2.24) is 14.9 Å². The van der Waals surface area contributed by atoms with Gasteiger partial charge in [0.25, 0.3) is 6.02 Å². The van der Waals surface area contributed by atoms with Crippen LogP contribution >= 0.6 is 22.9 Å². The topological polar surface area (TPSA) is 62.6 Å². The molecule has 0 bridgehead atoms. The van der Waals surface area contributed by atoms with E-state index in [9.17, 15) is 0 Å². The Morgan fingerprint density at radius 2 is 2.35 bits per heavy atom. The summed E-state index contributed by atoms with van der Waals surface area (Å²) in [5.74, 6) is 0.655. The van der Waals surface area contributed by atoms with E-state index in [0.29, 0.717) is 22.6 Å². The quantitative estimate of drug-likeness (QED) is 0.802. The number of pyridine rings is 1. The Kier molecular flexibility index (Phi) is 2.23. The van der Waals surface area contributed by atoms with Crippen molar-refractivity contribution >= 4 is 44.4 Å². The monoisotopic (exact) mass is 347 g/mol. The van der Waals surface area contributed by atoms with Gasteiger partial charge in [-0.05, 0) is 25.0 Å². The molecule has 3 fully saturated rings. The Labute approximate surface area is 141 Å². The summed E-state index contributed by atoms with van der Waals surface area (Å²) < 4.78 is 6.28. The molecule has 1 aliphatic carbocycles. The summed E-state index contributed by atoms with van der Waals surface area (Å²) in [5, 5.41) is 4.45. The normalized spacial score (nSPS) is 37.3. The van der Waals surface area contributed by atoms with Crippen LogP contribution in [0.5, 0.6) is 0 Å². The predicted molar refractivity (Wildman–Crippen MR) is 89.2 cm³/mol. The lowest BCUT2D eigenvalue weighted by Gasteiger charge is -2.39. The third-order valence-electron chi connectivity index (χ3n) is 5.81. The molecule has 3 atom stereocenters. The van der Waals surface area contributed by atoms with E-state index in [-0.39, 0.29) is 5.60 Å². The number of amidine groups is 1. The van der Waals surface area contributed by atoms with E-state index < -0.39 is 0 Å². The molecule has 23 heavy (non-hydrogen) atoms. The van der Waals surface area contributed by atoms with Gasteiger partial charge in [0.1, 0.15) is 21.1 Å². The molecule has 0 aromatic carbocycles. The van der Waals surface area contributed by atoms with Crippen molar-refractivity contribution in [2.45, 2.75) is 24.0 Å². The van der Waals surface area contributed by atoms with Crippen molar-refractivity contribution in [1.29, 1.82) is 0 Å². The second-order valence-electron chi connectivity index (χ2n) is 6.92. The Hall–Kier alpha value is -1.44. The van der Waals surface area contributed by atoms with Gasteiger partial charge in [-0.25, -0.2) is 15.0 Å². The van der Waals surface area contributed by atoms with Crippen LogP contribution in [-0.4, -0.2) is 51.7 Å². The van der Waals surface area contributed by atoms with E-state index in [0.717, 1.165) is 28.6 Å². The highest BCUT2D eigenvalue weighted by molar-refractivity contribution is 7.22. The second-order valence-corrected chi connectivity index (χ2v) is 8.29. The number of halogens is 1. The molecule has 0 radical (unpaired) electrons. The first-order valence-electron chi connectivity index (χ1n) is 7.86. The Morgan fingerprint density at radius 3 is 3.09 bits per heavy atom. The van der Waals surface area contributed by atoms with Crippen LogP contribution in [0.3, 0.4) is 0 Å². The highest BCUT2D eigenvalue weighted by Gasteiger charge is 2.77. The highest BCUT2D eigenvalue weighted by atomic mass is 35.5. The molecule has 6 nitrogen and oxygen atoms in total. The van der Waals surface area contributed by atoms with Crippen LogP contribution in [0.4, 0.5) is 5.13 Å². The third-order valence-corrected chi connectivity index (χ3v) is 6.90. The van der Waals surface area contributed by atoms with Crippen LogP contribution in [0.25, 0.3) is 10.3 Å². The molecule has 1 saturated carbocycles. The van der Waals surface area contributed by atoms with E-state index in [1.807, 2.05) is 6.07 Å². The van der Waals surface area contributed by atoms with Gasteiger partial charge in [0, 0.05) is 24.5 Å². The molecule has 2 aromatic heterocycles. The number of ether oxygens (including phenoxy) is 1. The number of aliphatic imine (C=N–C) groups is 1. The summed E-state index contributed by atoms with van der Waals surface area (Å²) in [5.41, 5.74) is 1.21. The number of hydrogen-bond acceptors (Lipinski definition) is 7. The standard InChI is InChI=1S/C15H14ClN5OS/c16-10-2-1-8-11(19-10)23-13(18-8)20-12-17-6-15(22-12)7-21-4-3-14(21)5-9(14)15/h1-2,9H,3-7H2,(H,17,18,20)/t9?,14?,15-/m0/s1. The van der Waals surface area contributed by atoms with Crippen molar-refractivity contribution in [3.63, 3.8) is 0 Å². The lowest BCUT2D eigenvalue weighted by molar-refractivity contribution is 0.0433. The second kappa shape index (κ2) is 3.96. The zero-order chi connectivity index (χ0) is 15.2. The van der Waals surface area contributed by atoms with E-state index in [2.05, 4.69) is 25.2 Å². The summed E-state index contributed by atoms with van der Waals surface area (Å²) in [7, 11) is 0. The molecular formula is C15H14ClN5OS. The largest absolute Gasteiger partial charge is 0.455 e. The van der Waals surface area contributed by atoms with Gasteiger partial charge in [-0.1, -0.05) is 22.9 Å². The molecule has 1 N–H and O–H groups in total. The van der Waals surface area contributed by atoms with Crippen molar-refractivity contribution in [3.8, 4) is 0 Å². The van der Waals surface area contributed by atoms with Gasteiger partial charge in [0.2, 0.25) is 0 Å². The van der Waals surface area contributed by atoms with Crippen LogP contribution in [-0.2, 0) is 4.74 Å². The van der Waals surface area contributed by atoms with Crippen LogP contribution < -0.4 is 5.32 Å². The summed E-state index contributed by atoms with van der Waals surface area (Å²) in [4.78, 5) is 16.8. The number of thiazole rings is 1. The van der Waals surface area contributed by atoms with Crippen molar-refractivity contribution < 1.29 is 4.74 Å². The molecule has 2 saturated heterocycles. The first kappa shape index (κ1) is 12.9. The zero-order valence-corrected chi connectivity index (χ0v) is 13.8. The molecule has 6 rings (SSSR count). The minimum Gasteiger partial charge on any atom is -0.455 e. The molecule has 5 heterocycles. The summed E-state index contributed by atoms with van der Waals surface area (Å²) in [6, 6.07) is 4.22. The maximum atomic E-state index is 6.28. The summed E-state index contributed by atoms with van der Waals surface area (Å²) >= 11 is 7.39. The molecule has 2 aromatic rings. The Morgan fingerprint density at radius 1 is 1.39 bits per heavy atom. The van der Waals surface area contributed by atoms with Gasteiger partial charge in [0.05, 0.1) is 6.54 Å². The van der Waals surface area contributed by atoms with Crippen molar-refractivity contribution in [2.24, 2.45) is 10.9 Å². The first-order chi connectivity index (χ1) is 11.2. The van der Waals surface area contributed by atoms with Gasteiger partial charge in [-0.2, -0.15) is 0 Å². The Bertz CT molecular complexity index is 884. The van der Waals surface area contributed by atoms with E-state index in [1.54, 1.807) is 6.07 Å². The molecule has 3 aliphatic heterocycles. The number of anilines is 1. The van der Waals surface area contributed by atoms with Crippen molar-refractivity contribution in [2.75, 3.05) is 25.0 Å². The molecular weight excluding hydrogens is 334 g/mol. The van der Waals surface area contributed by atoms with Crippen molar-refractivity contribution in [3.05, 3.63) is 17.3 Å². The van der Waals surface area contributed by atoms with Crippen LogP contribution in [0.2, 0.25) is 5.15 Å². The molecule has 0 amide bonds. The molecule has 118 valence electrons. The first-order valence-corrected chi connectivity index (χ1v) is 9.05. The zero-order valence-electron chi connectivity index (χ0n) is 12.3. The number of nitrogens with one attached hydrogen (secondary N) is 1. The molecule has 2 unspecified atom stereocenters. The number of piperidine rings is 1. The Balaban J connectivity index is 1.24. The maximum Gasteiger partial charge on any atom is 0.291 e. The lowest BCUT2D eigenvalue weighted by Crippen LogP contribution is -2.49. The minimum absolute atomic E-state index is 0.100. The number of nitrogens with zero attached hydrogens (tertiary/aromatic N) is 4. The van der Waals surface area contributed by atoms with E-state index >= 15 is 0 Å². The number of hydrogen-bond donors (Lipinski definition) is 1. The fourth-order valence-corrected chi connectivity index (χ4v) is 5.58. The minimum atomic E-state index is -0.100. The molecule has 2 spiro atoms. The molecule has 8 heteroatoms. The highest BCUT2D eigenvalue weighted by Crippen LogP contribution is 2.67. The van der Waals surface area contributed by atoms with E-state index in [4.69, 9.17) is 16.3 Å². The van der Waals surface area contributed by atoms with Gasteiger partial charge in [-0.3, -0.25) is 10.2 Å². The SMILES string of the molecule is Clc1ccc2nc(NC3=NC[C@@]4(CN5CCC56CC64)O3)sc2n1. The van der Waals surface area contributed by atoms with Crippen LogP contribution in [0.1, 0.15) is 12.8 Å². The third kappa shape index (κ3) is 1.60. The van der Waals surface area contributed by atoms with Crippen LogP contribution in [0, 0.1) is 5.92 Å². The predicted octanol–water partition coefficient (Wildman–Crippen LogP) is 2.36. The van der Waals surface area contributed by atoms with Gasteiger partial charge >= 0.3 is 0 Å². The fourth-order valence-electron chi connectivity index (χ4n) is 4.55. The van der Waals surface area contributed by atoms with Crippen LogP contribution in [0.15, 0.2) is 17.1 Å². The maximum absolute atomic E-state index is 6.28. The average molecular weight is 348 g/mol. The van der Waals surface area contributed by atoms with E-state index in [1.165, 1.54) is 30.7 Å². The summed E-state index contributed by atoms with van der Waals surface area (Å²) in [6.07, 6.45) is 2.61. The number of aromatic nitrogens is 2. The number of rotatable bonds is 1. The fraction of sp³-hybridized carbons (Fsp3) is 0.533.